The van der Waals surface area contributed by atoms with Gasteiger partial charge in [-0.3, -0.25) is 0 Å². The number of hydrogen-bond donors (Lipinski definition) is 2. The minimum absolute atomic E-state index is 0.267. The number of ether oxygens (including phenoxy) is 1. The van der Waals surface area contributed by atoms with Gasteiger partial charge in [-0.2, -0.15) is 0 Å². The monoisotopic (exact) mass is 171 g/mol. The van der Waals surface area contributed by atoms with Crippen molar-refractivity contribution in [1.82, 2.24) is 5.32 Å². The van der Waals surface area contributed by atoms with E-state index in [1.54, 1.807) is 0 Å². The minimum atomic E-state index is 0.267. The van der Waals surface area contributed by atoms with Crippen LogP contribution in [0, 0.1) is 5.92 Å². The average Bonchev–Trinajstić information content (AvgIpc) is 2.75. The highest BCUT2D eigenvalue weighted by atomic mass is 16.5. The standard InChI is InChI=1S/C9H17NO2/c11-6-8-4-7(5-10-8)9-2-1-3-12-9/h7-11H,1-6H2. The van der Waals surface area contributed by atoms with Crippen molar-refractivity contribution in [1.29, 1.82) is 0 Å². The molecular weight excluding hydrogens is 154 g/mol. The van der Waals surface area contributed by atoms with Crippen LogP contribution in [-0.2, 0) is 4.74 Å². The van der Waals surface area contributed by atoms with Gasteiger partial charge in [-0.15, -0.1) is 0 Å². The maximum absolute atomic E-state index is 8.92. The first-order chi connectivity index (χ1) is 5.90. The normalized spacial score (nSPS) is 42.2. The lowest BCUT2D eigenvalue weighted by atomic mass is 9.97. The number of aliphatic hydroxyl groups excluding tert-OH is 1. The highest BCUT2D eigenvalue weighted by Gasteiger charge is 2.32. The number of nitrogens with one attached hydrogen (secondary N) is 1. The Bertz CT molecular complexity index is 145. The van der Waals surface area contributed by atoms with E-state index in [0.717, 1.165) is 19.6 Å². The van der Waals surface area contributed by atoms with Crippen molar-refractivity contribution in [2.24, 2.45) is 5.92 Å². The Hall–Kier alpha value is -0.120. The smallest absolute Gasteiger partial charge is 0.0616 e. The van der Waals surface area contributed by atoms with Crippen LogP contribution in [0.25, 0.3) is 0 Å². The second-order valence-corrected chi connectivity index (χ2v) is 3.83. The summed E-state index contributed by atoms with van der Waals surface area (Å²) in [6.07, 6.45) is 3.98. The lowest BCUT2D eigenvalue weighted by molar-refractivity contribution is 0.0682. The van der Waals surface area contributed by atoms with E-state index in [4.69, 9.17) is 9.84 Å². The van der Waals surface area contributed by atoms with Crippen LogP contribution in [0.4, 0.5) is 0 Å². The van der Waals surface area contributed by atoms with Crippen molar-refractivity contribution in [3.05, 3.63) is 0 Å². The van der Waals surface area contributed by atoms with Crippen molar-refractivity contribution in [2.75, 3.05) is 19.8 Å². The molecule has 2 heterocycles. The fraction of sp³-hybridized carbons (Fsp3) is 1.00. The van der Waals surface area contributed by atoms with Crippen LogP contribution in [0.15, 0.2) is 0 Å². The van der Waals surface area contributed by atoms with E-state index >= 15 is 0 Å². The molecule has 0 saturated carbocycles. The highest BCUT2D eigenvalue weighted by molar-refractivity contribution is 4.87. The lowest BCUT2D eigenvalue weighted by Crippen LogP contribution is -2.25. The van der Waals surface area contributed by atoms with Crippen LogP contribution in [0.1, 0.15) is 19.3 Å². The zero-order valence-electron chi connectivity index (χ0n) is 7.33. The van der Waals surface area contributed by atoms with Crippen molar-refractivity contribution in [3.63, 3.8) is 0 Å². The van der Waals surface area contributed by atoms with Gasteiger partial charge in [-0.25, -0.2) is 0 Å². The molecule has 0 spiro atoms. The first kappa shape index (κ1) is 8.48. The Labute approximate surface area is 73.1 Å². The summed E-state index contributed by atoms with van der Waals surface area (Å²) in [6.45, 7) is 2.23. The molecule has 0 aromatic heterocycles. The topological polar surface area (TPSA) is 41.5 Å². The Balaban J connectivity index is 1.81. The van der Waals surface area contributed by atoms with Gasteiger partial charge in [-0.05, 0) is 25.2 Å². The highest BCUT2D eigenvalue weighted by Crippen LogP contribution is 2.26. The quantitative estimate of drug-likeness (QED) is 0.621. The Morgan fingerprint density at radius 2 is 2.42 bits per heavy atom. The Morgan fingerprint density at radius 1 is 1.50 bits per heavy atom. The first-order valence-electron chi connectivity index (χ1n) is 4.86. The summed E-state index contributed by atoms with van der Waals surface area (Å²) in [4.78, 5) is 0. The number of hydrogen-bond acceptors (Lipinski definition) is 3. The van der Waals surface area contributed by atoms with Crippen LogP contribution in [0.5, 0.6) is 0 Å². The predicted molar refractivity (Wildman–Crippen MR) is 46.0 cm³/mol. The van der Waals surface area contributed by atoms with Gasteiger partial charge in [0.25, 0.3) is 0 Å². The molecule has 0 bridgehead atoms. The number of rotatable bonds is 2. The summed E-state index contributed by atoms with van der Waals surface area (Å²) >= 11 is 0. The van der Waals surface area contributed by atoms with Gasteiger partial charge in [-0.1, -0.05) is 0 Å². The molecule has 0 aliphatic carbocycles. The summed E-state index contributed by atoms with van der Waals surface area (Å²) < 4.78 is 5.61. The molecule has 0 amide bonds. The third-order valence-electron chi connectivity index (χ3n) is 2.97. The van der Waals surface area contributed by atoms with E-state index in [1.165, 1.54) is 12.8 Å². The van der Waals surface area contributed by atoms with Gasteiger partial charge >= 0.3 is 0 Å². The molecule has 2 saturated heterocycles. The van der Waals surface area contributed by atoms with Gasteiger partial charge < -0.3 is 15.2 Å². The molecule has 12 heavy (non-hydrogen) atoms. The second kappa shape index (κ2) is 3.73. The van der Waals surface area contributed by atoms with Gasteiger partial charge in [0.05, 0.1) is 12.7 Å². The summed E-state index contributed by atoms with van der Waals surface area (Å²) in [5.41, 5.74) is 0. The molecule has 2 N–H and O–H groups in total. The predicted octanol–water partition coefficient (Wildman–Crippen LogP) is 0.136. The molecule has 0 aromatic carbocycles. The summed E-state index contributed by atoms with van der Waals surface area (Å²) in [5, 5.41) is 12.2. The van der Waals surface area contributed by atoms with Crippen molar-refractivity contribution < 1.29 is 9.84 Å². The molecule has 2 fully saturated rings. The molecule has 3 atom stereocenters. The van der Waals surface area contributed by atoms with Crippen LogP contribution < -0.4 is 5.32 Å². The van der Waals surface area contributed by atoms with Crippen molar-refractivity contribution in [2.45, 2.75) is 31.4 Å². The fourth-order valence-electron chi connectivity index (χ4n) is 2.25. The van der Waals surface area contributed by atoms with E-state index in [9.17, 15) is 0 Å². The molecule has 3 heteroatoms. The van der Waals surface area contributed by atoms with E-state index in [2.05, 4.69) is 5.32 Å². The van der Waals surface area contributed by atoms with Crippen LogP contribution >= 0.6 is 0 Å². The molecule has 2 aliphatic heterocycles. The third kappa shape index (κ3) is 1.63. The van der Waals surface area contributed by atoms with Gasteiger partial charge in [0.2, 0.25) is 0 Å². The van der Waals surface area contributed by atoms with Crippen LogP contribution in [0.3, 0.4) is 0 Å². The Kier molecular flexibility index (Phi) is 2.63. The largest absolute Gasteiger partial charge is 0.395 e. The summed E-state index contributed by atoms with van der Waals surface area (Å²) in [6, 6.07) is 0.319. The van der Waals surface area contributed by atoms with Crippen LogP contribution in [-0.4, -0.2) is 37.0 Å². The summed E-state index contributed by atoms with van der Waals surface area (Å²) in [7, 11) is 0. The Morgan fingerprint density at radius 3 is 3.00 bits per heavy atom. The maximum Gasteiger partial charge on any atom is 0.0616 e. The van der Waals surface area contributed by atoms with Crippen LogP contribution in [0.2, 0.25) is 0 Å². The van der Waals surface area contributed by atoms with E-state index < -0.39 is 0 Å². The molecular formula is C9H17NO2. The lowest BCUT2D eigenvalue weighted by Gasteiger charge is -2.16. The molecule has 3 unspecified atom stereocenters. The molecule has 2 aliphatic rings. The molecule has 0 radical (unpaired) electrons. The molecule has 3 nitrogen and oxygen atoms in total. The number of aliphatic hydroxyl groups is 1. The van der Waals surface area contributed by atoms with Crippen molar-refractivity contribution >= 4 is 0 Å². The van der Waals surface area contributed by atoms with Gasteiger partial charge in [0.1, 0.15) is 0 Å². The zero-order valence-corrected chi connectivity index (χ0v) is 7.33. The van der Waals surface area contributed by atoms with E-state index in [0.29, 0.717) is 18.1 Å². The fourth-order valence-corrected chi connectivity index (χ4v) is 2.25. The maximum atomic E-state index is 8.92. The third-order valence-corrected chi connectivity index (χ3v) is 2.97. The van der Waals surface area contributed by atoms with Gasteiger partial charge in [0.15, 0.2) is 0 Å². The van der Waals surface area contributed by atoms with Gasteiger partial charge in [0, 0.05) is 19.2 Å². The van der Waals surface area contributed by atoms with E-state index in [1.807, 2.05) is 0 Å². The molecule has 70 valence electrons. The SMILES string of the molecule is OCC1CC(C2CCCO2)CN1. The summed E-state index contributed by atoms with van der Waals surface area (Å²) in [5.74, 6) is 0.643. The minimum Gasteiger partial charge on any atom is -0.395 e. The average molecular weight is 171 g/mol. The second-order valence-electron chi connectivity index (χ2n) is 3.83. The first-order valence-corrected chi connectivity index (χ1v) is 4.86. The van der Waals surface area contributed by atoms with E-state index in [-0.39, 0.29) is 6.61 Å². The molecule has 2 rings (SSSR count). The molecule has 0 aromatic rings. The zero-order chi connectivity index (χ0) is 8.39. The van der Waals surface area contributed by atoms with Crippen molar-refractivity contribution in [3.8, 4) is 0 Å².